The van der Waals surface area contributed by atoms with Crippen molar-refractivity contribution in [2.45, 2.75) is 22.4 Å². The molecule has 10 heteroatoms. The number of ketones is 1. The monoisotopic (exact) mass is 376 g/mol. The Kier molecular flexibility index (Phi) is 5.33. The third-order valence-corrected chi connectivity index (χ3v) is 5.87. The fourth-order valence-electron chi connectivity index (χ4n) is 2.56. The average molecular weight is 376 g/mol. The molecule has 0 spiro atoms. The normalized spacial score (nSPS) is 19.5. The summed E-state index contributed by atoms with van der Waals surface area (Å²) in [5.41, 5.74) is 0.409. The molecule has 0 saturated carbocycles. The molecule has 2 atom stereocenters. The first-order valence-electron chi connectivity index (χ1n) is 7.12. The number of carbonyl (C=O) groups is 2. The molecule has 1 saturated heterocycles. The maximum absolute atomic E-state index is 12.9. The Morgan fingerprint density at radius 2 is 1.92 bits per heavy atom. The average Bonchev–Trinajstić information content (AvgIpc) is 3.02. The molecule has 1 fully saturated rings. The second-order valence-corrected chi connectivity index (χ2v) is 7.42. The summed E-state index contributed by atoms with van der Waals surface area (Å²) >= 11 is 0. The van der Waals surface area contributed by atoms with Crippen LogP contribution in [-0.2, 0) is 19.4 Å². The number of anilines is 1. The topological polar surface area (TPSA) is 83.6 Å². The maximum Gasteiger partial charge on any atom is 0.409 e. The van der Waals surface area contributed by atoms with Gasteiger partial charge in [-0.1, -0.05) is 6.08 Å². The van der Waals surface area contributed by atoms with E-state index in [1.807, 2.05) is 0 Å². The lowest BCUT2D eigenvalue weighted by molar-refractivity contribution is -0.130. The summed E-state index contributed by atoms with van der Waals surface area (Å²) in [6.07, 6.45) is -4.44. The van der Waals surface area contributed by atoms with Crippen LogP contribution in [0.4, 0.5) is 18.9 Å². The number of hydrogen-bond donors (Lipinski definition) is 1. The number of rotatable bonds is 6. The van der Waals surface area contributed by atoms with Crippen molar-refractivity contribution in [3.63, 3.8) is 0 Å². The highest BCUT2D eigenvalue weighted by molar-refractivity contribution is 7.92. The number of aldehydes is 1. The lowest BCUT2D eigenvalue weighted by Gasteiger charge is -2.23. The predicted octanol–water partition coefficient (Wildman–Crippen LogP) is 1.08. The molecule has 6 nitrogen and oxygen atoms in total. The number of hydrogen-bond acceptors (Lipinski definition) is 6. The molecule has 0 bridgehead atoms. The van der Waals surface area contributed by atoms with Crippen LogP contribution in [-0.4, -0.2) is 51.2 Å². The van der Waals surface area contributed by atoms with E-state index >= 15 is 0 Å². The number of sulfone groups is 1. The molecule has 1 N–H and O–H groups in total. The van der Waals surface area contributed by atoms with Crippen LogP contribution < -0.4 is 10.2 Å². The number of Topliss-reactive ketones (excluding diaryl/α,β-unsaturated/α-hetero) is 1. The minimum Gasteiger partial charge on any atom is -0.347 e. The Balaban J connectivity index is 2.32. The van der Waals surface area contributed by atoms with E-state index in [4.69, 9.17) is 0 Å². The standard InChI is InChI=1S/C15H15F3N2O4S/c1-2-14(15(16,17)18)25(23,24)11-5-3-10(4-6-11)20-9-19-7-12(20)13(22)8-21/h2-6,8,12,14,19H,1,7,9H2. The number of benzene rings is 1. The number of nitrogens with one attached hydrogen (secondary N) is 1. The van der Waals surface area contributed by atoms with Crippen LogP contribution in [0.5, 0.6) is 0 Å². The van der Waals surface area contributed by atoms with E-state index in [9.17, 15) is 31.2 Å². The molecular weight excluding hydrogens is 361 g/mol. The molecule has 0 amide bonds. The van der Waals surface area contributed by atoms with Gasteiger partial charge in [-0.2, -0.15) is 13.2 Å². The molecule has 2 rings (SSSR count). The molecule has 0 aliphatic carbocycles. The fraction of sp³-hybridized carbons (Fsp3) is 0.333. The molecule has 136 valence electrons. The van der Waals surface area contributed by atoms with Crippen molar-refractivity contribution in [2.75, 3.05) is 18.1 Å². The lowest BCUT2D eigenvalue weighted by atomic mass is 10.1. The Hall–Kier alpha value is -2.20. The van der Waals surface area contributed by atoms with E-state index in [2.05, 4.69) is 11.9 Å². The minimum absolute atomic E-state index is 0.196. The van der Waals surface area contributed by atoms with E-state index in [1.54, 1.807) is 0 Å². The summed E-state index contributed by atoms with van der Waals surface area (Å²) in [6, 6.07) is 3.92. The molecule has 1 aromatic carbocycles. The van der Waals surface area contributed by atoms with Gasteiger partial charge in [0.2, 0.25) is 5.78 Å². The van der Waals surface area contributed by atoms with Crippen LogP contribution in [0, 0.1) is 0 Å². The molecule has 1 aliphatic rings. The van der Waals surface area contributed by atoms with Crippen molar-refractivity contribution in [3.8, 4) is 0 Å². The largest absolute Gasteiger partial charge is 0.409 e. The zero-order valence-corrected chi connectivity index (χ0v) is 13.7. The van der Waals surface area contributed by atoms with E-state index in [1.165, 1.54) is 17.0 Å². The van der Waals surface area contributed by atoms with E-state index in [-0.39, 0.29) is 19.5 Å². The van der Waals surface area contributed by atoms with E-state index in [0.717, 1.165) is 12.1 Å². The Labute approximate surface area is 142 Å². The number of alkyl halides is 3. The molecule has 1 heterocycles. The smallest absolute Gasteiger partial charge is 0.347 e. The van der Waals surface area contributed by atoms with Gasteiger partial charge in [0.25, 0.3) is 0 Å². The van der Waals surface area contributed by atoms with Gasteiger partial charge in [-0.25, -0.2) is 8.42 Å². The Morgan fingerprint density at radius 3 is 2.40 bits per heavy atom. The second kappa shape index (κ2) is 6.96. The van der Waals surface area contributed by atoms with Gasteiger partial charge in [0, 0.05) is 12.2 Å². The number of carbonyl (C=O) groups excluding carboxylic acids is 2. The fourth-order valence-corrected chi connectivity index (χ4v) is 3.97. The SMILES string of the molecule is C=CC(C(F)(F)F)S(=O)(=O)c1ccc(N2CNCC2C(=O)C=O)cc1. The zero-order chi connectivity index (χ0) is 18.8. The van der Waals surface area contributed by atoms with Crippen LogP contribution in [0.3, 0.4) is 0 Å². The Morgan fingerprint density at radius 1 is 1.32 bits per heavy atom. The van der Waals surface area contributed by atoms with E-state index in [0.29, 0.717) is 11.8 Å². The zero-order valence-electron chi connectivity index (χ0n) is 12.9. The predicted molar refractivity (Wildman–Crippen MR) is 83.9 cm³/mol. The first kappa shape index (κ1) is 19.1. The quantitative estimate of drug-likeness (QED) is 0.455. The molecule has 25 heavy (non-hydrogen) atoms. The molecule has 1 aromatic rings. The van der Waals surface area contributed by atoms with E-state index < -0.39 is 38.0 Å². The summed E-state index contributed by atoms with van der Waals surface area (Å²) in [7, 11) is -4.68. The van der Waals surface area contributed by atoms with Crippen molar-refractivity contribution in [3.05, 3.63) is 36.9 Å². The Bertz CT molecular complexity index is 775. The number of nitrogens with zero attached hydrogens (tertiary/aromatic N) is 1. The van der Waals surface area contributed by atoms with Gasteiger partial charge in [-0.15, -0.1) is 6.58 Å². The molecule has 1 aliphatic heterocycles. The van der Waals surface area contributed by atoms with Gasteiger partial charge in [-0.05, 0) is 24.3 Å². The van der Waals surface area contributed by atoms with Crippen molar-refractivity contribution in [1.82, 2.24) is 5.32 Å². The summed E-state index contributed by atoms with van der Waals surface area (Å²) in [5, 5.41) is 0.189. The van der Waals surface area contributed by atoms with Crippen LogP contribution in [0.15, 0.2) is 41.8 Å². The van der Waals surface area contributed by atoms with Crippen molar-refractivity contribution < 1.29 is 31.2 Å². The number of halogens is 3. The summed E-state index contributed by atoms with van der Waals surface area (Å²) in [6.45, 7) is 3.44. The van der Waals surface area contributed by atoms with Crippen molar-refractivity contribution in [2.24, 2.45) is 0 Å². The molecule has 0 aromatic heterocycles. The van der Waals surface area contributed by atoms with Gasteiger partial charge < -0.3 is 4.90 Å². The highest BCUT2D eigenvalue weighted by Gasteiger charge is 2.47. The van der Waals surface area contributed by atoms with Crippen LogP contribution >= 0.6 is 0 Å². The summed E-state index contributed by atoms with van der Waals surface area (Å²) in [4.78, 5) is 23.3. The first-order valence-corrected chi connectivity index (χ1v) is 8.67. The highest BCUT2D eigenvalue weighted by atomic mass is 32.2. The first-order chi connectivity index (χ1) is 11.6. The van der Waals surface area contributed by atoms with Crippen molar-refractivity contribution >= 4 is 27.6 Å². The highest BCUT2D eigenvalue weighted by Crippen LogP contribution is 2.32. The molecular formula is C15H15F3N2O4S. The summed E-state index contributed by atoms with van der Waals surface area (Å²) < 4.78 is 62.9. The van der Waals surface area contributed by atoms with Gasteiger partial charge in [0.1, 0.15) is 6.04 Å². The second-order valence-electron chi connectivity index (χ2n) is 5.35. The summed E-state index contributed by atoms with van der Waals surface area (Å²) in [5.74, 6) is -0.648. The van der Waals surface area contributed by atoms with Gasteiger partial charge >= 0.3 is 6.18 Å². The van der Waals surface area contributed by atoms with Crippen LogP contribution in [0.25, 0.3) is 0 Å². The third-order valence-electron chi connectivity index (χ3n) is 3.81. The molecule has 0 radical (unpaired) electrons. The van der Waals surface area contributed by atoms with Gasteiger partial charge in [0.15, 0.2) is 21.4 Å². The third kappa shape index (κ3) is 3.74. The lowest BCUT2D eigenvalue weighted by Crippen LogP contribution is -2.38. The van der Waals surface area contributed by atoms with Gasteiger partial charge in [-0.3, -0.25) is 14.9 Å². The maximum atomic E-state index is 12.9. The minimum atomic E-state index is -4.97. The van der Waals surface area contributed by atoms with Crippen molar-refractivity contribution in [1.29, 1.82) is 0 Å². The van der Waals surface area contributed by atoms with Crippen LogP contribution in [0.1, 0.15) is 0 Å². The van der Waals surface area contributed by atoms with Gasteiger partial charge in [0.05, 0.1) is 11.6 Å². The molecule has 2 unspecified atom stereocenters. The van der Waals surface area contributed by atoms with Crippen LogP contribution in [0.2, 0.25) is 0 Å².